The molecule has 0 saturated heterocycles. The molecule has 4 aromatic rings. The number of carbonyl (C=O) groups is 2. The molecule has 2 heterocycles. The van der Waals surface area contributed by atoms with Gasteiger partial charge >= 0.3 is 0 Å². The molecule has 1 aliphatic rings. The summed E-state index contributed by atoms with van der Waals surface area (Å²) < 4.78 is 17.9. The fraction of sp³-hybridized carbons (Fsp3) is 0.333. The Morgan fingerprint density at radius 2 is 1.82 bits per heavy atom. The van der Waals surface area contributed by atoms with Gasteiger partial charge in [-0.05, 0) is 67.8 Å². The van der Waals surface area contributed by atoms with E-state index in [1.165, 1.54) is 0 Å². The number of nitrogens with one attached hydrogen (secondary N) is 1. The third-order valence-corrected chi connectivity index (χ3v) is 7.15. The van der Waals surface area contributed by atoms with Crippen LogP contribution in [0.15, 0.2) is 66.7 Å². The molecule has 3 aromatic carbocycles. The lowest BCUT2D eigenvalue weighted by molar-refractivity contribution is -0.143. The number of hydrogen-bond donors (Lipinski definition) is 1. The summed E-state index contributed by atoms with van der Waals surface area (Å²) in [5.74, 6) is 1.32. The lowest BCUT2D eigenvalue weighted by atomic mass is 9.98. The Balaban J connectivity index is 1.56. The predicted molar refractivity (Wildman–Crippen MR) is 149 cm³/mol. The van der Waals surface area contributed by atoms with Crippen molar-refractivity contribution in [1.82, 2.24) is 25.2 Å². The van der Waals surface area contributed by atoms with E-state index >= 15 is 0 Å². The van der Waals surface area contributed by atoms with Gasteiger partial charge in [-0.1, -0.05) is 42.5 Å². The second-order valence-corrected chi connectivity index (χ2v) is 10.3. The third kappa shape index (κ3) is 5.70. The number of ether oxygens (including phenoxy) is 3. The fourth-order valence-corrected chi connectivity index (χ4v) is 4.56. The predicted octanol–water partition coefficient (Wildman–Crippen LogP) is 4.24. The van der Waals surface area contributed by atoms with Gasteiger partial charge in [0, 0.05) is 12.1 Å². The van der Waals surface area contributed by atoms with Crippen LogP contribution in [0.4, 0.5) is 0 Å². The van der Waals surface area contributed by atoms with Crippen molar-refractivity contribution in [3.8, 4) is 17.2 Å². The summed E-state index contributed by atoms with van der Waals surface area (Å²) in [5, 5.41) is 11.5. The molecule has 2 amide bonds. The van der Waals surface area contributed by atoms with E-state index in [1.807, 2.05) is 75.4 Å². The molecule has 1 N–H and O–H groups in total. The summed E-state index contributed by atoms with van der Waals surface area (Å²) in [6.45, 7) is 6.13. The molecule has 5 rings (SSSR count). The first-order chi connectivity index (χ1) is 19.3. The lowest BCUT2D eigenvalue weighted by Gasteiger charge is -2.34. The van der Waals surface area contributed by atoms with Crippen molar-refractivity contribution in [2.45, 2.75) is 51.9 Å². The summed E-state index contributed by atoms with van der Waals surface area (Å²) in [6, 6.07) is 19.2. The first-order valence-electron chi connectivity index (χ1n) is 13.2. The molecule has 0 fully saturated rings. The van der Waals surface area contributed by atoms with Crippen LogP contribution in [0, 0.1) is 0 Å². The maximum Gasteiger partial charge on any atom is 0.247 e. The molecule has 0 aliphatic carbocycles. The van der Waals surface area contributed by atoms with Crippen LogP contribution in [-0.4, -0.2) is 51.1 Å². The highest BCUT2D eigenvalue weighted by Crippen LogP contribution is 2.34. The minimum absolute atomic E-state index is 0.0951. The van der Waals surface area contributed by atoms with Gasteiger partial charge in [0.1, 0.15) is 23.9 Å². The first-order valence-corrected chi connectivity index (χ1v) is 13.2. The first kappa shape index (κ1) is 27.0. The van der Waals surface area contributed by atoms with Crippen LogP contribution < -0.4 is 19.5 Å². The highest BCUT2D eigenvalue weighted by molar-refractivity contribution is 5.89. The standard InChI is InChI=1S/C30H33N5O5/c1-5-30(2,3)31-29(37)28(21-11-13-22(38-4)14-12-21)34(17-20-10-15-25-26(16-20)40-19-39-25)27(36)18-35-24-9-7-6-8-23(24)32-33-35/h6-16,28H,5,17-19H2,1-4H3,(H,31,37)/t28-/m1/s1. The van der Waals surface area contributed by atoms with Gasteiger partial charge in [0.15, 0.2) is 11.5 Å². The maximum atomic E-state index is 14.1. The van der Waals surface area contributed by atoms with Crippen LogP contribution in [0.3, 0.4) is 0 Å². The van der Waals surface area contributed by atoms with Gasteiger partial charge in [-0.3, -0.25) is 9.59 Å². The van der Waals surface area contributed by atoms with E-state index < -0.39 is 11.6 Å². The molecule has 0 bridgehead atoms. The number of amides is 2. The zero-order chi connectivity index (χ0) is 28.3. The van der Waals surface area contributed by atoms with E-state index in [0.29, 0.717) is 28.3 Å². The topological polar surface area (TPSA) is 108 Å². The number of methoxy groups -OCH3 is 1. The van der Waals surface area contributed by atoms with E-state index in [4.69, 9.17) is 14.2 Å². The number of para-hydroxylation sites is 1. The van der Waals surface area contributed by atoms with Crippen molar-refractivity contribution in [3.05, 3.63) is 77.9 Å². The monoisotopic (exact) mass is 543 g/mol. The number of aromatic nitrogens is 3. The van der Waals surface area contributed by atoms with E-state index in [1.54, 1.807) is 28.8 Å². The molecule has 1 aliphatic heterocycles. The molecule has 0 saturated carbocycles. The van der Waals surface area contributed by atoms with Crippen molar-refractivity contribution in [2.75, 3.05) is 13.9 Å². The lowest BCUT2D eigenvalue weighted by Crippen LogP contribution is -2.50. The average molecular weight is 544 g/mol. The van der Waals surface area contributed by atoms with E-state index in [0.717, 1.165) is 17.5 Å². The fourth-order valence-electron chi connectivity index (χ4n) is 4.56. The van der Waals surface area contributed by atoms with Gasteiger partial charge < -0.3 is 24.4 Å². The Morgan fingerprint density at radius 1 is 1.07 bits per heavy atom. The Morgan fingerprint density at radius 3 is 2.58 bits per heavy atom. The Hall–Kier alpha value is -4.60. The van der Waals surface area contributed by atoms with Gasteiger partial charge in [-0.15, -0.1) is 5.10 Å². The molecule has 0 radical (unpaired) electrons. The molecule has 40 heavy (non-hydrogen) atoms. The highest BCUT2D eigenvalue weighted by atomic mass is 16.7. The maximum absolute atomic E-state index is 14.1. The van der Waals surface area contributed by atoms with Crippen molar-refractivity contribution >= 4 is 22.8 Å². The molecule has 10 heteroatoms. The van der Waals surface area contributed by atoms with Crippen molar-refractivity contribution in [3.63, 3.8) is 0 Å². The van der Waals surface area contributed by atoms with E-state index in [9.17, 15) is 9.59 Å². The van der Waals surface area contributed by atoms with Crippen LogP contribution in [0.5, 0.6) is 17.2 Å². The van der Waals surface area contributed by atoms with Crippen LogP contribution in [0.2, 0.25) is 0 Å². The van der Waals surface area contributed by atoms with Crippen LogP contribution >= 0.6 is 0 Å². The summed E-state index contributed by atoms with van der Waals surface area (Å²) in [5.41, 5.74) is 2.39. The number of carbonyl (C=O) groups excluding carboxylic acids is 2. The smallest absolute Gasteiger partial charge is 0.247 e. The summed E-state index contributed by atoms with van der Waals surface area (Å²) in [6.07, 6.45) is 0.717. The molecule has 1 aromatic heterocycles. The summed E-state index contributed by atoms with van der Waals surface area (Å²) in [7, 11) is 1.58. The Labute approximate surface area is 232 Å². The van der Waals surface area contributed by atoms with E-state index in [-0.39, 0.29) is 31.7 Å². The number of nitrogens with zero attached hydrogens (tertiary/aromatic N) is 4. The van der Waals surface area contributed by atoms with Crippen LogP contribution in [0.1, 0.15) is 44.4 Å². The zero-order valence-electron chi connectivity index (χ0n) is 23.1. The molecule has 0 unspecified atom stereocenters. The molecule has 208 valence electrons. The third-order valence-electron chi connectivity index (χ3n) is 7.15. The number of fused-ring (bicyclic) bond motifs is 2. The zero-order valence-corrected chi connectivity index (χ0v) is 23.1. The molecular formula is C30H33N5O5. The van der Waals surface area contributed by atoms with Gasteiger partial charge in [-0.25, -0.2) is 4.68 Å². The number of benzene rings is 3. The van der Waals surface area contributed by atoms with Crippen molar-refractivity contribution in [2.24, 2.45) is 0 Å². The number of hydrogen-bond acceptors (Lipinski definition) is 7. The highest BCUT2D eigenvalue weighted by Gasteiger charge is 2.34. The van der Waals surface area contributed by atoms with Crippen molar-refractivity contribution < 1.29 is 23.8 Å². The second-order valence-electron chi connectivity index (χ2n) is 10.3. The van der Waals surface area contributed by atoms with Gasteiger partial charge in [0.05, 0.1) is 12.6 Å². The van der Waals surface area contributed by atoms with E-state index in [2.05, 4.69) is 15.6 Å². The van der Waals surface area contributed by atoms with Crippen molar-refractivity contribution in [1.29, 1.82) is 0 Å². The Kier molecular flexibility index (Phi) is 7.59. The minimum atomic E-state index is -0.926. The Bertz CT molecular complexity index is 1510. The molecule has 10 nitrogen and oxygen atoms in total. The molecule has 1 atom stereocenters. The van der Waals surface area contributed by atoms with Crippen LogP contribution in [-0.2, 0) is 22.7 Å². The number of rotatable bonds is 10. The SMILES string of the molecule is CCC(C)(C)NC(=O)[C@@H](c1ccc(OC)cc1)N(Cc1ccc2c(c1)OCO2)C(=O)Cn1nnc2ccccc21. The van der Waals surface area contributed by atoms with Crippen LogP contribution in [0.25, 0.3) is 11.0 Å². The summed E-state index contributed by atoms with van der Waals surface area (Å²) >= 11 is 0. The van der Waals surface area contributed by atoms with Gasteiger partial charge in [0.25, 0.3) is 0 Å². The average Bonchev–Trinajstić information content (AvgIpc) is 3.59. The summed E-state index contributed by atoms with van der Waals surface area (Å²) in [4.78, 5) is 29.7. The van der Waals surface area contributed by atoms with Gasteiger partial charge in [0.2, 0.25) is 18.6 Å². The molecule has 0 spiro atoms. The molecular weight excluding hydrogens is 510 g/mol. The van der Waals surface area contributed by atoms with Gasteiger partial charge in [-0.2, -0.15) is 0 Å². The quantitative estimate of drug-likeness (QED) is 0.319. The minimum Gasteiger partial charge on any atom is -0.497 e. The largest absolute Gasteiger partial charge is 0.497 e. The normalized spacial score (nSPS) is 13.2. The second kappa shape index (κ2) is 11.3.